The predicted molar refractivity (Wildman–Crippen MR) is 105 cm³/mol. The molecule has 0 bridgehead atoms. The molecule has 152 valence electrons. The van der Waals surface area contributed by atoms with Gasteiger partial charge in [-0.15, -0.1) is 0 Å². The van der Waals surface area contributed by atoms with Crippen molar-refractivity contribution >= 4 is 5.97 Å². The first-order chi connectivity index (χ1) is 13.3. The summed E-state index contributed by atoms with van der Waals surface area (Å²) in [6, 6.07) is 6.66. The lowest BCUT2D eigenvalue weighted by atomic mass is 9.88. The number of benzene rings is 1. The van der Waals surface area contributed by atoms with E-state index < -0.39 is 17.4 Å². The molecule has 0 saturated heterocycles. The summed E-state index contributed by atoms with van der Waals surface area (Å²) in [7, 11) is 2.80. The van der Waals surface area contributed by atoms with Gasteiger partial charge in [0.15, 0.2) is 11.5 Å². The number of aryl methyl sites for hydroxylation is 1. The zero-order chi connectivity index (χ0) is 20.8. The molecule has 2 rings (SSSR count). The first-order valence-corrected chi connectivity index (χ1v) is 9.07. The summed E-state index contributed by atoms with van der Waals surface area (Å²) in [5.74, 6) is 0.0250. The van der Waals surface area contributed by atoms with Crippen LogP contribution in [0.25, 0.3) is 0 Å². The number of aromatic amines is 1. The van der Waals surface area contributed by atoms with Crippen LogP contribution in [-0.4, -0.2) is 36.9 Å². The van der Waals surface area contributed by atoms with E-state index in [0.29, 0.717) is 35.3 Å². The van der Waals surface area contributed by atoms with Crippen molar-refractivity contribution in [1.29, 1.82) is 0 Å². The van der Waals surface area contributed by atoms with Crippen molar-refractivity contribution in [1.82, 2.24) is 4.98 Å². The van der Waals surface area contributed by atoms with Gasteiger partial charge < -0.3 is 24.3 Å². The number of esters is 1. The topological polar surface area (TPSA) is 97.8 Å². The highest BCUT2D eigenvalue weighted by Crippen LogP contribution is 2.37. The van der Waals surface area contributed by atoms with Crippen molar-refractivity contribution < 1.29 is 24.1 Å². The Bertz CT molecular complexity index is 887. The van der Waals surface area contributed by atoms with Crippen LogP contribution in [-0.2, 0) is 9.53 Å². The Balaban J connectivity index is 2.53. The molecule has 0 spiro atoms. The second kappa shape index (κ2) is 9.30. The van der Waals surface area contributed by atoms with Gasteiger partial charge in [-0.1, -0.05) is 19.9 Å². The first-order valence-electron chi connectivity index (χ1n) is 9.07. The molecule has 2 N–H and O–H groups in total. The lowest BCUT2D eigenvalue weighted by molar-refractivity contribution is -0.140. The molecule has 0 aliphatic heterocycles. The van der Waals surface area contributed by atoms with Crippen LogP contribution < -0.4 is 15.0 Å². The molecule has 28 heavy (non-hydrogen) atoms. The number of hydrogen-bond donors (Lipinski definition) is 2. The number of pyridine rings is 1. The zero-order valence-corrected chi connectivity index (χ0v) is 16.9. The SMILES string of the molecule is COC(=O)C[C@H](c1ccc(OCC(C)C)c(OC)c1)c1c(O)cc(C)[nH]c1=O. The van der Waals surface area contributed by atoms with Crippen LogP contribution in [0.3, 0.4) is 0 Å². The van der Waals surface area contributed by atoms with Crippen molar-refractivity contribution in [2.24, 2.45) is 5.92 Å². The molecule has 0 saturated carbocycles. The van der Waals surface area contributed by atoms with Crippen molar-refractivity contribution in [3.8, 4) is 17.2 Å². The molecule has 0 aliphatic carbocycles. The standard InChI is InChI=1S/C21H27NO6/c1-12(2)11-28-17-7-6-14(9-18(17)26-4)15(10-19(24)27-5)20-16(23)8-13(3)22-21(20)25/h6-9,12,15H,10-11H2,1-5H3,(H2,22,23,25)/t15-/m1/s1. The van der Waals surface area contributed by atoms with E-state index in [1.807, 2.05) is 13.8 Å². The van der Waals surface area contributed by atoms with Crippen LogP contribution in [0.5, 0.6) is 17.2 Å². The fraction of sp³-hybridized carbons (Fsp3) is 0.429. The Morgan fingerprint density at radius 2 is 1.89 bits per heavy atom. The molecule has 1 aromatic carbocycles. The number of rotatable bonds is 8. The maximum atomic E-state index is 12.5. The van der Waals surface area contributed by atoms with Crippen LogP contribution in [0, 0.1) is 12.8 Å². The fourth-order valence-corrected chi connectivity index (χ4v) is 2.93. The molecule has 7 heteroatoms. The summed E-state index contributed by atoms with van der Waals surface area (Å²) in [5.41, 5.74) is 0.807. The minimum atomic E-state index is -0.704. The molecular formula is C21H27NO6. The van der Waals surface area contributed by atoms with Crippen LogP contribution in [0.1, 0.15) is 43.0 Å². The minimum Gasteiger partial charge on any atom is -0.507 e. The van der Waals surface area contributed by atoms with Crippen molar-refractivity contribution in [2.75, 3.05) is 20.8 Å². The van der Waals surface area contributed by atoms with Gasteiger partial charge in [-0.2, -0.15) is 0 Å². The average molecular weight is 389 g/mol. The second-order valence-corrected chi connectivity index (χ2v) is 7.03. The van der Waals surface area contributed by atoms with E-state index >= 15 is 0 Å². The molecule has 0 amide bonds. The van der Waals surface area contributed by atoms with E-state index in [0.717, 1.165) is 0 Å². The number of aromatic hydroxyl groups is 1. The van der Waals surface area contributed by atoms with E-state index in [-0.39, 0.29) is 17.7 Å². The largest absolute Gasteiger partial charge is 0.507 e. The molecule has 1 heterocycles. The summed E-state index contributed by atoms with van der Waals surface area (Å²) in [5, 5.41) is 10.4. The molecule has 0 unspecified atom stereocenters. The number of carbonyl (C=O) groups excluding carboxylic acids is 1. The van der Waals surface area contributed by atoms with Gasteiger partial charge in [0.1, 0.15) is 5.75 Å². The van der Waals surface area contributed by atoms with E-state index in [1.54, 1.807) is 25.1 Å². The predicted octanol–water partition coefficient (Wildman–Crippen LogP) is 3.13. The number of aromatic nitrogens is 1. The lowest BCUT2D eigenvalue weighted by Crippen LogP contribution is -2.21. The van der Waals surface area contributed by atoms with E-state index in [2.05, 4.69) is 4.98 Å². The third-order valence-corrected chi connectivity index (χ3v) is 4.29. The Morgan fingerprint density at radius 3 is 2.46 bits per heavy atom. The number of ether oxygens (including phenoxy) is 3. The van der Waals surface area contributed by atoms with Gasteiger partial charge in [0.25, 0.3) is 5.56 Å². The van der Waals surface area contributed by atoms with Crippen molar-refractivity contribution in [3.05, 3.63) is 51.4 Å². The Hall–Kier alpha value is -2.96. The monoisotopic (exact) mass is 389 g/mol. The Kier molecular flexibility index (Phi) is 7.09. The molecule has 7 nitrogen and oxygen atoms in total. The van der Waals surface area contributed by atoms with Crippen LogP contribution in [0.15, 0.2) is 29.1 Å². The maximum Gasteiger partial charge on any atom is 0.306 e. The highest BCUT2D eigenvalue weighted by atomic mass is 16.5. The number of nitrogens with one attached hydrogen (secondary N) is 1. The Morgan fingerprint density at radius 1 is 1.18 bits per heavy atom. The summed E-state index contributed by atoms with van der Waals surface area (Å²) < 4.78 is 16.0. The lowest BCUT2D eigenvalue weighted by Gasteiger charge is -2.20. The number of H-pyrrole nitrogens is 1. The van der Waals surface area contributed by atoms with Gasteiger partial charge in [0, 0.05) is 11.6 Å². The highest BCUT2D eigenvalue weighted by Gasteiger charge is 2.26. The fourth-order valence-electron chi connectivity index (χ4n) is 2.93. The normalized spacial score (nSPS) is 11.9. The Labute approximate surface area is 164 Å². The van der Waals surface area contributed by atoms with Crippen molar-refractivity contribution in [2.45, 2.75) is 33.1 Å². The molecular weight excluding hydrogens is 362 g/mol. The van der Waals surface area contributed by atoms with Crippen LogP contribution in [0.2, 0.25) is 0 Å². The van der Waals surface area contributed by atoms with Crippen LogP contribution >= 0.6 is 0 Å². The minimum absolute atomic E-state index is 0.105. The van der Waals surface area contributed by atoms with Gasteiger partial charge in [0.2, 0.25) is 0 Å². The third-order valence-electron chi connectivity index (χ3n) is 4.29. The maximum absolute atomic E-state index is 12.5. The van der Waals surface area contributed by atoms with Crippen molar-refractivity contribution in [3.63, 3.8) is 0 Å². The average Bonchev–Trinajstić information content (AvgIpc) is 2.64. The number of methoxy groups -OCH3 is 2. The first kappa shape index (κ1) is 21.3. The highest BCUT2D eigenvalue weighted by molar-refractivity contribution is 5.71. The van der Waals surface area contributed by atoms with Gasteiger partial charge >= 0.3 is 5.97 Å². The van der Waals surface area contributed by atoms with E-state index in [9.17, 15) is 14.7 Å². The van der Waals surface area contributed by atoms with E-state index in [1.165, 1.54) is 20.3 Å². The second-order valence-electron chi connectivity index (χ2n) is 7.03. The quantitative estimate of drug-likeness (QED) is 0.673. The summed E-state index contributed by atoms with van der Waals surface area (Å²) in [6.45, 7) is 6.28. The third kappa shape index (κ3) is 5.06. The van der Waals surface area contributed by atoms with E-state index in [4.69, 9.17) is 14.2 Å². The molecule has 0 fully saturated rings. The smallest absolute Gasteiger partial charge is 0.306 e. The van der Waals surface area contributed by atoms with Gasteiger partial charge in [-0.25, -0.2) is 0 Å². The summed E-state index contributed by atoms with van der Waals surface area (Å²) in [4.78, 5) is 27.2. The zero-order valence-electron chi connectivity index (χ0n) is 16.9. The van der Waals surface area contributed by atoms with Gasteiger partial charge in [0.05, 0.1) is 32.8 Å². The summed E-state index contributed by atoms with van der Waals surface area (Å²) >= 11 is 0. The molecule has 0 radical (unpaired) electrons. The number of carbonyl (C=O) groups is 1. The van der Waals surface area contributed by atoms with Gasteiger partial charge in [-0.3, -0.25) is 9.59 Å². The molecule has 1 aromatic heterocycles. The number of hydrogen-bond acceptors (Lipinski definition) is 6. The molecule has 0 aliphatic rings. The van der Waals surface area contributed by atoms with Gasteiger partial charge in [-0.05, 0) is 36.6 Å². The molecule has 2 aromatic rings. The molecule has 1 atom stereocenters. The summed E-state index contributed by atoms with van der Waals surface area (Å²) in [6.07, 6.45) is -0.106. The van der Waals surface area contributed by atoms with Crippen LogP contribution in [0.4, 0.5) is 0 Å².